The molecule has 54 unspecified atom stereocenters. The predicted molar refractivity (Wildman–Crippen MR) is 432 cm³/mol. The second-order valence-corrected chi connectivity index (χ2v) is 36.6. The van der Waals surface area contributed by atoms with Crippen LogP contribution in [0.4, 0.5) is 0 Å². The van der Waals surface area contributed by atoms with Gasteiger partial charge in [0.2, 0.25) is 0 Å². The molecule has 55 heteroatoms. The van der Waals surface area contributed by atoms with Crippen molar-refractivity contribution < 1.29 is 271 Å². The molecule has 0 saturated carbocycles. The minimum atomic E-state index is -1.89. The molecule has 0 aromatic rings. The van der Waals surface area contributed by atoms with Gasteiger partial charge in [-0.1, -0.05) is 0 Å². The second kappa shape index (κ2) is 51.1. The molecule has 54 atom stereocenters. The fourth-order valence-corrected chi connectivity index (χ4v) is 19.9. The van der Waals surface area contributed by atoms with E-state index in [0.717, 1.165) is 0 Å². The quantitative estimate of drug-likeness (QED) is 0.0269. The summed E-state index contributed by atoms with van der Waals surface area (Å²) in [4.78, 5) is 0. The zero-order valence-corrected chi connectivity index (χ0v) is 74.5. The van der Waals surface area contributed by atoms with E-state index in [4.69, 9.17) is 128 Å². The number of hydrogen-bond acceptors (Lipinski definition) is 55. The van der Waals surface area contributed by atoms with Gasteiger partial charge < -0.3 is 271 Å². The van der Waals surface area contributed by atoms with Crippen molar-refractivity contribution in [3.05, 3.63) is 0 Å². The normalized spacial score (nSPS) is 49.4. The lowest BCUT2D eigenvalue weighted by Gasteiger charge is -2.32. The van der Waals surface area contributed by atoms with Crippen LogP contribution in [0.25, 0.3) is 0 Å². The van der Waals surface area contributed by atoms with Crippen LogP contribution in [0.5, 0.6) is 0 Å². The number of aliphatic hydroxyl groups is 28. The Labute approximate surface area is 783 Å². The highest BCUT2D eigenvalue weighted by Crippen LogP contribution is 2.42. The zero-order valence-electron chi connectivity index (χ0n) is 74.5. The van der Waals surface area contributed by atoms with Crippen molar-refractivity contribution in [2.45, 2.75) is 343 Å². The van der Waals surface area contributed by atoms with Crippen molar-refractivity contribution in [2.24, 2.45) is 0 Å². The van der Waals surface area contributed by atoms with Crippen LogP contribution in [0.1, 0.15) is 12.8 Å². The largest absolute Gasteiger partial charge is 0.394 e. The van der Waals surface area contributed by atoms with Crippen molar-refractivity contribution in [3.63, 3.8) is 0 Å². The fourth-order valence-electron chi connectivity index (χ4n) is 19.9. The molecule has 14 aliphatic heterocycles. The van der Waals surface area contributed by atoms with Crippen LogP contribution < -0.4 is 0 Å². The van der Waals surface area contributed by atoms with Crippen LogP contribution in [0, 0.1) is 0 Å². The molecule has 137 heavy (non-hydrogen) atoms. The molecule has 14 rings (SSSR count). The third kappa shape index (κ3) is 25.0. The molecular formula is C82H138O55. The predicted octanol–water partition coefficient (Wildman–Crippen LogP) is -20.0. The van der Waals surface area contributed by atoms with Gasteiger partial charge in [-0.3, -0.25) is 0 Å². The highest BCUT2D eigenvalue weighted by atomic mass is 16.8. The Morgan fingerprint density at radius 3 is 0.708 bits per heavy atom. The molecular weight excluding hydrogens is 1860 g/mol. The molecule has 796 valence electrons. The summed E-state index contributed by atoms with van der Waals surface area (Å²) in [6, 6.07) is 0. The first-order valence-electron chi connectivity index (χ1n) is 46.3. The zero-order chi connectivity index (χ0) is 98.1. The molecule has 0 aliphatic carbocycles. The number of ether oxygens (including phenoxy) is 27. The van der Waals surface area contributed by atoms with E-state index in [9.17, 15) is 143 Å². The Balaban J connectivity index is 0.739. The minimum absolute atomic E-state index is 0.147. The van der Waals surface area contributed by atoms with Gasteiger partial charge in [-0.05, 0) is 12.8 Å². The molecule has 14 saturated heterocycles. The molecule has 14 heterocycles. The summed E-state index contributed by atoms with van der Waals surface area (Å²) in [7, 11) is 0. The number of aliphatic hydroxyl groups excluding tert-OH is 28. The molecule has 55 nitrogen and oxygen atoms in total. The summed E-state index contributed by atoms with van der Waals surface area (Å²) in [6.45, 7) is -16.0. The lowest BCUT2D eigenvalue weighted by molar-refractivity contribution is -0.240. The lowest BCUT2D eigenvalue weighted by Crippen LogP contribution is -2.49. The van der Waals surface area contributed by atoms with Crippen LogP contribution in [0.2, 0.25) is 0 Å². The monoisotopic (exact) mass is 2000 g/mol. The van der Waals surface area contributed by atoms with Crippen molar-refractivity contribution in [3.8, 4) is 0 Å². The van der Waals surface area contributed by atoms with Crippen molar-refractivity contribution >= 4 is 0 Å². The third-order valence-electron chi connectivity index (χ3n) is 27.7. The van der Waals surface area contributed by atoms with Crippen LogP contribution in [0.15, 0.2) is 0 Å². The molecule has 0 spiro atoms. The summed E-state index contributed by atoms with van der Waals surface area (Å²) in [6.07, 6.45) is -76.9. The van der Waals surface area contributed by atoms with Crippen LogP contribution >= 0.6 is 0 Å². The van der Waals surface area contributed by atoms with E-state index in [1.807, 2.05) is 0 Å². The lowest BCUT2D eigenvalue weighted by atomic mass is 10.0. The fraction of sp³-hybridized carbons (Fsp3) is 1.00. The molecule has 14 fully saturated rings. The van der Waals surface area contributed by atoms with Crippen molar-refractivity contribution in [1.29, 1.82) is 0 Å². The van der Waals surface area contributed by atoms with Crippen LogP contribution in [0.3, 0.4) is 0 Å². The Hall–Kier alpha value is -2.20. The van der Waals surface area contributed by atoms with E-state index in [2.05, 4.69) is 0 Å². The minimum Gasteiger partial charge on any atom is -0.394 e. The van der Waals surface area contributed by atoms with E-state index in [1.54, 1.807) is 0 Å². The Morgan fingerprint density at radius 1 is 0.146 bits per heavy atom. The van der Waals surface area contributed by atoms with Crippen LogP contribution in [-0.2, 0) is 128 Å². The summed E-state index contributed by atoms with van der Waals surface area (Å²) < 4.78 is 169. The maximum Gasteiger partial charge on any atom is 0.187 e. The average Bonchev–Trinajstić information content (AvgIpc) is 1.61. The molecule has 14 aliphatic rings. The second-order valence-electron chi connectivity index (χ2n) is 36.6. The van der Waals surface area contributed by atoms with E-state index in [-0.39, 0.29) is 19.8 Å². The van der Waals surface area contributed by atoms with Gasteiger partial charge >= 0.3 is 0 Å². The maximum atomic E-state index is 12.2. The van der Waals surface area contributed by atoms with Crippen molar-refractivity contribution in [2.75, 3.05) is 172 Å². The van der Waals surface area contributed by atoms with E-state index >= 15 is 0 Å². The summed E-state index contributed by atoms with van der Waals surface area (Å²) in [5.74, 6) is 0. The first-order valence-corrected chi connectivity index (χ1v) is 46.3. The van der Waals surface area contributed by atoms with Gasteiger partial charge in [-0.15, -0.1) is 0 Å². The molecule has 0 aromatic heterocycles. The standard InChI is InChI=1S/C82H138O55/c83-3-29-1-2-30(122-29)15-114-74-49(19-113-18-44-69(109)71(39(12-92)130-44)115-22-45-64(104)57(97)33(6-86)125-45)132-50(20-111-16-42-62(102)55(95)31(4-84)123-42)75(74)120-26-52-72(68(108)38(11-91)129-52)116-27-53-76(117-23-46-65(105)58(98)34(7-87)126-46)73(40(13-93)131-53)119-28-54-79(77(118-24-47-66(106)59(99)35(8-88)127-47)51(133-54)21-112-17-43-63(103)56(96)32(5-85)124-43)137-82-80(121-25-48-67(107)60(100)36(9-89)128-48)78(41(14-94)135-82)136-81-70(110)61(101)37(10-90)134-81/h29-110H,1-28H2. The summed E-state index contributed by atoms with van der Waals surface area (Å²) >= 11 is 0. The molecule has 0 radical (unpaired) electrons. The molecule has 28 N–H and O–H groups in total. The van der Waals surface area contributed by atoms with Crippen molar-refractivity contribution in [1.82, 2.24) is 0 Å². The van der Waals surface area contributed by atoms with Gasteiger partial charge in [0.1, 0.15) is 305 Å². The average molecular weight is 2000 g/mol. The van der Waals surface area contributed by atoms with Gasteiger partial charge in [-0.25, -0.2) is 0 Å². The summed E-state index contributed by atoms with van der Waals surface area (Å²) in [5, 5.41) is 301. The summed E-state index contributed by atoms with van der Waals surface area (Å²) in [5.41, 5.74) is 0. The Bertz CT molecular complexity index is 3500. The first-order chi connectivity index (χ1) is 66.0. The highest BCUT2D eigenvalue weighted by molar-refractivity contribution is 5.06. The Morgan fingerprint density at radius 2 is 0.343 bits per heavy atom. The van der Waals surface area contributed by atoms with Gasteiger partial charge in [0, 0.05) is 0 Å². The highest BCUT2D eigenvalue weighted by Gasteiger charge is 2.61. The topological polar surface area (TPSA) is 816 Å². The van der Waals surface area contributed by atoms with Gasteiger partial charge in [0.15, 0.2) is 12.6 Å². The van der Waals surface area contributed by atoms with E-state index in [1.165, 1.54) is 0 Å². The Kier molecular flexibility index (Phi) is 41.2. The molecule has 0 amide bonds. The number of hydrogen-bond donors (Lipinski definition) is 28. The number of rotatable bonds is 52. The van der Waals surface area contributed by atoms with Gasteiger partial charge in [0.25, 0.3) is 0 Å². The molecule has 0 bridgehead atoms. The van der Waals surface area contributed by atoms with Gasteiger partial charge in [-0.2, -0.15) is 0 Å². The van der Waals surface area contributed by atoms with E-state index in [0.29, 0.717) is 12.8 Å². The SMILES string of the molecule is OCC1CCC(COC2C(COCC3OC(CO)C(OCC4OC(CO)C(O)C4O)C3O)OC(COCC3OC(CO)C(O)C3O)C2OCC2OC(CO)C(O)C2OCC2OC(CO)C(OCC3OC(COCC4OC(CO)C(O)C4O)C(OCC4OC(CO)C(O)C4O)C3OC3OC(CO)C(OC4OC(CO)C(O)C4O)C3OCC3OC(CO)C(O)C3O)C2OCC2OC(CO)C(O)C2O)O1. The van der Waals surface area contributed by atoms with Crippen LogP contribution in [-0.4, -0.2) is 645 Å². The third-order valence-corrected chi connectivity index (χ3v) is 27.7. The maximum absolute atomic E-state index is 12.2. The van der Waals surface area contributed by atoms with Gasteiger partial charge in [0.05, 0.1) is 184 Å². The van der Waals surface area contributed by atoms with E-state index < -0.39 is 482 Å². The smallest absolute Gasteiger partial charge is 0.187 e. The molecule has 0 aromatic carbocycles. The first kappa shape index (κ1) is 110.